The molecule has 1 saturated heterocycles. The predicted molar refractivity (Wildman–Crippen MR) is 38.0 cm³/mol. The van der Waals surface area contributed by atoms with Crippen LogP contribution in [0.5, 0.6) is 0 Å². The quantitative estimate of drug-likeness (QED) is 0.288. The van der Waals surface area contributed by atoms with Crippen molar-refractivity contribution in [2.24, 2.45) is 5.73 Å². The van der Waals surface area contributed by atoms with E-state index in [-0.39, 0.29) is 6.61 Å². The first-order valence-corrected chi connectivity index (χ1v) is 3.60. The average molecular weight is 179 g/mol. The first-order chi connectivity index (χ1) is 5.51. The third kappa shape index (κ3) is 1.45. The summed E-state index contributed by atoms with van der Waals surface area (Å²) in [6.07, 6.45) is -2.86. The molecule has 72 valence electrons. The lowest BCUT2D eigenvalue weighted by atomic mass is 9.96. The second-order valence-corrected chi connectivity index (χ2v) is 2.91. The minimum Gasteiger partial charge on any atom is -0.391 e. The van der Waals surface area contributed by atoms with Crippen LogP contribution in [0.1, 0.15) is 0 Å². The summed E-state index contributed by atoms with van der Waals surface area (Å²) in [6, 6.07) is -0.744. The van der Waals surface area contributed by atoms with Gasteiger partial charge in [0.15, 0.2) is 0 Å². The third-order valence-corrected chi connectivity index (χ3v) is 1.98. The highest BCUT2D eigenvalue weighted by Gasteiger charge is 2.47. The van der Waals surface area contributed by atoms with E-state index in [1.54, 1.807) is 0 Å². The summed E-state index contributed by atoms with van der Waals surface area (Å²) in [5.74, 6) is -2.09. The Kier molecular flexibility index (Phi) is 2.67. The van der Waals surface area contributed by atoms with Crippen LogP contribution in [0.3, 0.4) is 0 Å². The molecule has 0 unspecified atom stereocenters. The Morgan fingerprint density at radius 2 is 2.08 bits per heavy atom. The zero-order chi connectivity index (χ0) is 9.35. The number of ether oxygens (including phenoxy) is 1. The predicted octanol–water partition coefficient (Wildman–Crippen LogP) is -3.25. The van der Waals surface area contributed by atoms with Crippen LogP contribution in [0, 0.1) is 0 Å². The van der Waals surface area contributed by atoms with Crippen molar-refractivity contribution in [3.63, 3.8) is 0 Å². The maximum atomic E-state index is 9.30. The molecule has 0 amide bonds. The number of rotatable bonds is 1. The monoisotopic (exact) mass is 179 g/mol. The van der Waals surface area contributed by atoms with Crippen LogP contribution < -0.4 is 5.73 Å². The van der Waals surface area contributed by atoms with E-state index in [4.69, 9.17) is 10.8 Å². The highest BCUT2D eigenvalue weighted by molar-refractivity contribution is 4.92. The molecule has 1 rings (SSSR count). The van der Waals surface area contributed by atoms with Crippen LogP contribution in [0.25, 0.3) is 0 Å². The van der Waals surface area contributed by atoms with E-state index in [0.29, 0.717) is 0 Å². The number of aliphatic hydroxyl groups is 4. The summed E-state index contributed by atoms with van der Waals surface area (Å²) in [7, 11) is 0. The standard InChI is InChI=1S/C6H13NO5/c7-3-1-12-6(11,2-8)5(10)4(3)9/h3-5,8-11H,1-2,7H2/t3-,4+,5+,6+/m1/s1. The van der Waals surface area contributed by atoms with E-state index in [0.717, 1.165) is 0 Å². The average Bonchev–Trinajstić information content (AvgIpc) is 2.09. The van der Waals surface area contributed by atoms with Crippen LogP contribution in [0.15, 0.2) is 0 Å². The van der Waals surface area contributed by atoms with Gasteiger partial charge in [0, 0.05) is 0 Å². The van der Waals surface area contributed by atoms with Gasteiger partial charge >= 0.3 is 0 Å². The van der Waals surface area contributed by atoms with E-state index in [1.165, 1.54) is 0 Å². The Morgan fingerprint density at radius 3 is 2.58 bits per heavy atom. The Bertz CT molecular complexity index is 166. The van der Waals surface area contributed by atoms with Crippen molar-refractivity contribution in [1.82, 2.24) is 0 Å². The number of aliphatic hydroxyl groups excluding tert-OH is 3. The smallest absolute Gasteiger partial charge is 0.218 e. The van der Waals surface area contributed by atoms with Crippen molar-refractivity contribution >= 4 is 0 Å². The molecule has 0 aromatic heterocycles. The van der Waals surface area contributed by atoms with Crippen LogP contribution in [-0.2, 0) is 4.74 Å². The molecule has 6 heteroatoms. The topological polar surface area (TPSA) is 116 Å². The molecule has 0 aromatic carbocycles. The van der Waals surface area contributed by atoms with Gasteiger partial charge in [0.25, 0.3) is 0 Å². The zero-order valence-electron chi connectivity index (χ0n) is 6.42. The summed E-state index contributed by atoms with van der Waals surface area (Å²) in [5.41, 5.74) is 5.32. The molecule has 1 heterocycles. The molecule has 6 N–H and O–H groups in total. The van der Waals surface area contributed by atoms with Crippen molar-refractivity contribution in [1.29, 1.82) is 0 Å². The fraction of sp³-hybridized carbons (Fsp3) is 1.00. The Hall–Kier alpha value is -0.240. The molecule has 0 bridgehead atoms. The molecule has 1 aliphatic rings. The molecule has 0 aromatic rings. The van der Waals surface area contributed by atoms with E-state index in [2.05, 4.69) is 4.74 Å². The second kappa shape index (κ2) is 3.25. The summed E-state index contributed by atoms with van der Waals surface area (Å²) >= 11 is 0. The summed E-state index contributed by atoms with van der Waals surface area (Å²) in [6.45, 7) is -0.882. The zero-order valence-corrected chi connectivity index (χ0v) is 6.42. The van der Waals surface area contributed by atoms with Crippen molar-refractivity contribution in [2.45, 2.75) is 24.0 Å². The Balaban J connectivity index is 2.71. The van der Waals surface area contributed by atoms with E-state index in [9.17, 15) is 15.3 Å². The minimum absolute atomic E-state index is 0.102. The van der Waals surface area contributed by atoms with Gasteiger partial charge in [0.1, 0.15) is 12.2 Å². The molecule has 6 nitrogen and oxygen atoms in total. The summed E-state index contributed by atoms with van der Waals surface area (Å²) in [4.78, 5) is 0. The van der Waals surface area contributed by atoms with Crippen LogP contribution in [-0.4, -0.2) is 57.7 Å². The number of hydrogen-bond acceptors (Lipinski definition) is 6. The highest BCUT2D eigenvalue weighted by Crippen LogP contribution is 2.22. The molecule has 0 spiro atoms. The Labute approximate surface area is 69.2 Å². The molecule has 0 saturated carbocycles. The van der Waals surface area contributed by atoms with Gasteiger partial charge in [-0.3, -0.25) is 0 Å². The fourth-order valence-electron chi connectivity index (χ4n) is 1.06. The Morgan fingerprint density at radius 1 is 1.50 bits per heavy atom. The molecule has 12 heavy (non-hydrogen) atoms. The molecule has 1 fully saturated rings. The van der Waals surface area contributed by atoms with Gasteiger partial charge in [-0.2, -0.15) is 0 Å². The largest absolute Gasteiger partial charge is 0.391 e. The maximum absolute atomic E-state index is 9.30. The van der Waals surface area contributed by atoms with Crippen molar-refractivity contribution in [3.8, 4) is 0 Å². The molecule has 4 atom stereocenters. The van der Waals surface area contributed by atoms with Crippen molar-refractivity contribution in [3.05, 3.63) is 0 Å². The van der Waals surface area contributed by atoms with Crippen LogP contribution in [0.2, 0.25) is 0 Å². The van der Waals surface area contributed by atoms with Gasteiger partial charge in [-0.05, 0) is 0 Å². The normalized spacial score (nSPS) is 49.2. The van der Waals surface area contributed by atoms with E-state index in [1.807, 2.05) is 0 Å². The van der Waals surface area contributed by atoms with Gasteiger partial charge in [0.2, 0.25) is 5.79 Å². The molecular formula is C6H13NO5. The molecule has 0 aliphatic carbocycles. The van der Waals surface area contributed by atoms with Crippen molar-refractivity contribution < 1.29 is 25.2 Å². The molecular weight excluding hydrogens is 166 g/mol. The van der Waals surface area contributed by atoms with Gasteiger partial charge in [0.05, 0.1) is 19.3 Å². The lowest BCUT2D eigenvalue weighted by molar-refractivity contribution is -0.315. The van der Waals surface area contributed by atoms with E-state index < -0.39 is 30.6 Å². The lowest BCUT2D eigenvalue weighted by Crippen LogP contribution is -2.64. The molecule has 0 radical (unpaired) electrons. The SMILES string of the molecule is N[C@@H]1CO[C@@](O)(CO)[C@@H](O)[C@H]1O. The third-order valence-electron chi connectivity index (χ3n) is 1.98. The number of nitrogens with two attached hydrogens (primary N) is 1. The maximum Gasteiger partial charge on any atom is 0.218 e. The van der Waals surface area contributed by atoms with Crippen LogP contribution >= 0.6 is 0 Å². The minimum atomic E-state index is -2.09. The first kappa shape index (κ1) is 9.85. The second-order valence-electron chi connectivity index (χ2n) is 2.91. The summed E-state index contributed by atoms with van der Waals surface area (Å²) < 4.78 is 4.68. The fourth-order valence-corrected chi connectivity index (χ4v) is 1.06. The summed E-state index contributed by atoms with van der Waals surface area (Å²) in [5, 5.41) is 36.3. The lowest BCUT2D eigenvalue weighted by Gasteiger charge is -2.40. The molecule has 1 aliphatic heterocycles. The number of hydrogen-bond donors (Lipinski definition) is 5. The van der Waals surface area contributed by atoms with E-state index >= 15 is 0 Å². The van der Waals surface area contributed by atoms with Gasteiger partial charge in [-0.15, -0.1) is 0 Å². The van der Waals surface area contributed by atoms with Gasteiger partial charge < -0.3 is 30.9 Å². The van der Waals surface area contributed by atoms with Crippen molar-refractivity contribution in [2.75, 3.05) is 13.2 Å². The van der Waals surface area contributed by atoms with Gasteiger partial charge in [-0.25, -0.2) is 0 Å². The van der Waals surface area contributed by atoms with Gasteiger partial charge in [-0.1, -0.05) is 0 Å². The highest BCUT2D eigenvalue weighted by atomic mass is 16.7. The van der Waals surface area contributed by atoms with Crippen LogP contribution in [0.4, 0.5) is 0 Å². The first-order valence-electron chi connectivity index (χ1n) is 3.60.